The highest BCUT2D eigenvalue weighted by molar-refractivity contribution is 5.42. The number of hydrazine groups is 1. The Morgan fingerprint density at radius 2 is 2.38 bits per heavy atom. The van der Waals surface area contributed by atoms with Gasteiger partial charge in [0, 0.05) is 31.5 Å². The molecule has 0 aliphatic rings. The topological polar surface area (TPSA) is 63.4 Å². The van der Waals surface area contributed by atoms with Crippen molar-refractivity contribution >= 4 is 5.82 Å². The Hall–Kier alpha value is -1.17. The molecule has 5 nitrogen and oxygen atoms in total. The van der Waals surface area contributed by atoms with Gasteiger partial charge in [-0.1, -0.05) is 6.07 Å². The minimum Gasteiger partial charge on any atom is -0.380 e. The molecule has 0 aliphatic carbocycles. The Labute approximate surface area is 96.6 Å². The van der Waals surface area contributed by atoms with E-state index in [4.69, 9.17) is 10.6 Å². The van der Waals surface area contributed by atoms with Crippen molar-refractivity contribution in [1.29, 1.82) is 0 Å². The number of ether oxygens (including phenoxy) is 1. The quantitative estimate of drug-likeness (QED) is 0.408. The number of rotatable bonds is 7. The summed E-state index contributed by atoms with van der Waals surface area (Å²) in [6, 6.07) is 3.92. The smallest absolute Gasteiger partial charge is 0.144 e. The third-order valence-corrected chi connectivity index (χ3v) is 2.29. The zero-order chi connectivity index (χ0) is 11.8. The van der Waals surface area contributed by atoms with Gasteiger partial charge < -0.3 is 10.2 Å². The highest BCUT2D eigenvalue weighted by atomic mass is 16.5. The maximum absolute atomic E-state index is 5.39. The third kappa shape index (κ3) is 4.14. The van der Waals surface area contributed by atoms with Crippen LogP contribution in [0.1, 0.15) is 12.5 Å². The average Bonchev–Trinajstić information content (AvgIpc) is 2.30. The van der Waals surface area contributed by atoms with Gasteiger partial charge >= 0.3 is 0 Å². The second kappa shape index (κ2) is 7.16. The Morgan fingerprint density at radius 1 is 1.56 bits per heavy atom. The first-order valence-corrected chi connectivity index (χ1v) is 5.44. The van der Waals surface area contributed by atoms with Gasteiger partial charge in [0.1, 0.15) is 5.82 Å². The van der Waals surface area contributed by atoms with Gasteiger partial charge in [-0.2, -0.15) is 0 Å². The molecule has 1 aromatic heterocycles. The second-order valence-corrected chi connectivity index (χ2v) is 3.59. The molecule has 5 heteroatoms. The molecule has 90 valence electrons. The highest BCUT2D eigenvalue weighted by Crippen LogP contribution is 2.11. The van der Waals surface area contributed by atoms with Crippen molar-refractivity contribution < 1.29 is 4.74 Å². The van der Waals surface area contributed by atoms with E-state index in [1.807, 2.05) is 26.1 Å². The summed E-state index contributed by atoms with van der Waals surface area (Å²) in [6.07, 6.45) is 1.72. The molecule has 0 fully saturated rings. The van der Waals surface area contributed by atoms with Gasteiger partial charge in [-0.3, -0.25) is 4.90 Å². The van der Waals surface area contributed by atoms with Gasteiger partial charge in [0.2, 0.25) is 0 Å². The number of nitrogens with one attached hydrogen (secondary N) is 1. The number of nitrogens with two attached hydrogens (primary N) is 1. The zero-order valence-electron chi connectivity index (χ0n) is 9.94. The average molecular weight is 224 g/mol. The van der Waals surface area contributed by atoms with Crippen LogP contribution in [0.15, 0.2) is 18.3 Å². The van der Waals surface area contributed by atoms with E-state index < -0.39 is 0 Å². The SMILES string of the molecule is CCOCCN(C)Cc1cccnc1NN. The van der Waals surface area contributed by atoms with Gasteiger partial charge in [0.05, 0.1) is 6.61 Å². The van der Waals surface area contributed by atoms with Crippen molar-refractivity contribution in [1.82, 2.24) is 9.88 Å². The van der Waals surface area contributed by atoms with Crippen LogP contribution in [0.2, 0.25) is 0 Å². The molecule has 1 rings (SSSR count). The van der Waals surface area contributed by atoms with Crippen molar-refractivity contribution in [3.05, 3.63) is 23.9 Å². The number of nitrogens with zero attached hydrogens (tertiary/aromatic N) is 2. The van der Waals surface area contributed by atoms with Crippen LogP contribution in [0.4, 0.5) is 5.82 Å². The fraction of sp³-hybridized carbons (Fsp3) is 0.545. The lowest BCUT2D eigenvalue weighted by Gasteiger charge is -2.17. The molecule has 0 bridgehead atoms. The summed E-state index contributed by atoms with van der Waals surface area (Å²) in [5.41, 5.74) is 3.69. The van der Waals surface area contributed by atoms with E-state index in [1.54, 1.807) is 6.20 Å². The molecule has 16 heavy (non-hydrogen) atoms. The summed E-state index contributed by atoms with van der Waals surface area (Å²) in [4.78, 5) is 6.33. The molecule has 0 unspecified atom stereocenters. The Morgan fingerprint density at radius 3 is 3.06 bits per heavy atom. The van der Waals surface area contributed by atoms with Gasteiger partial charge in [0.25, 0.3) is 0 Å². The van der Waals surface area contributed by atoms with Crippen LogP contribution in [-0.2, 0) is 11.3 Å². The fourth-order valence-corrected chi connectivity index (χ4v) is 1.43. The van der Waals surface area contributed by atoms with Crippen molar-refractivity contribution in [2.75, 3.05) is 32.2 Å². The maximum atomic E-state index is 5.39. The molecule has 0 atom stereocenters. The van der Waals surface area contributed by atoms with Crippen molar-refractivity contribution in [3.8, 4) is 0 Å². The van der Waals surface area contributed by atoms with Crippen LogP contribution >= 0.6 is 0 Å². The van der Waals surface area contributed by atoms with Gasteiger partial charge in [-0.15, -0.1) is 0 Å². The molecule has 0 amide bonds. The summed E-state index contributed by atoms with van der Waals surface area (Å²) in [7, 11) is 2.05. The van der Waals surface area contributed by atoms with Crippen molar-refractivity contribution in [3.63, 3.8) is 0 Å². The number of anilines is 1. The van der Waals surface area contributed by atoms with E-state index in [2.05, 4.69) is 15.3 Å². The first kappa shape index (κ1) is 12.9. The number of pyridine rings is 1. The van der Waals surface area contributed by atoms with Crippen LogP contribution in [0.5, 0.6) is 0 Å². The molecule has 0 saturated heterocycles. The number of hydrogen-bond donors (Lipinski definition) is 2. The van der Waals surface area contributed by atoms with Crippen LogP contribution in [0.3, 0.4) is 0 Å². The Balaban J connectivity index is 2.45. The predicted molar refractivity (Wildman–Crippen MR) is 64.9 cm³/mol. The van der Waals surface area contributed by atoms with E-state index in [0.29, 0.717) is 0 Å². The second-order valence-electron chi connectivity index (χ2n) is 3.59. The summed E-state index contributed by atoms with van der Waals surface area (Å²) in [6.45, 7) is 5.21. The molecule has 0 aromatic carbocycles. The van der Waals surface area contributed by atoms with Crippen molar-refractivity contribution in [2.45, 2.75) is 13.5 Å². The first-order chi connectivity index (χ1) is 7.77. The standard InChI is InChI=1S/C11H20N4O/c1-3-16-8-7-15(2)9-10-5-4-6-13-11(10)14-12/h4-6H,3,7-9,12H2,1-2H3,(H,13,14). The van der Waals surface area contributed by atoms with Crippen molar-refractivity contribution in [2.24, 2.45) is 5.84 Å². The van der Waals surface area contributed by atoms with E-state index >= 15 is 0 Å². The Kier molecular flexibility index (Phi) is 5.77. The van der Waals surface area contributed by atoms with Crippen LogP contribution in [-0.4, -0.2) is 36.7 Å². The number of nitrogen functional groups attached to an aromatic ring is 1. The molecule has 1 heterocycles. The molecule has 0 spiro atoms. The predicted octanol–water partition coefficient (Wildman–Crippen LogP) is 0.836. The minimum atomic E-state index is 0.728. The lowest BCUT2D eigenvalue weighted by atomic mass is 10.2. The van der Waals surface area contributed by atoms with Crippen LogP contribution < -0.4 is 11.3 Å². The molecule has 0 aliphatic heterocycles. The van der Waals surface area contributed by atoms with Gasteiger partial charge in [-0.05, 0) is 20.0 Å². The third-order valence-electron chi connectivity index (χ3n) is 2.29. The molecule has 0 saturated carbocycles. The normalized spacial score (nSPS) is 10.8. The summed E-state index contributed by atoms with van der Waals surface area (Å²) >= 11 is 0. The lowest BCUT2D eigenvalue weighted by molar-refractivity contribution is 0.120. The molecule has 1 aromatic rings. The van der Waals surface area contributed by atoms with E-state index in [-0.39, 0.29) is 0 Å². The van der Waals surface area contributed by atoms with E-state index in [9.17, 15) is 0 Å². The largest absolute Gasteiger partial charge is 0.380 e. The first-order valence-electron chi connectivity index (χ1n) is 5.44. The molecule has 3 N–H and O–H groups in total. The zero-order valence-corrected chi connectivity index (χ0v) is 9.94. The number of likely N-dealkylation sites (N-methyl/N-ethyl adjacent to an activating group) is 1. The fourth-order valence-electron chi connectivity index (χ4n) is 1.43. The maximum Gasteiger partial charge on any atom is 0.144 e. The highest BCUT2D eigenvalue weighted by Gasteiger charge is 2.05. The Bertz CT molecular complexity index is 306. The van der Waals surface area contributed by atoms with Gasteiger partial charge in [0.15, 0.2) is 0 Å². The number of aromatic nitrogens is 1. The van der Waals surface area contributed by atoms with E-state index in [1.165, 1.54) is 0 Å². The summed E-state index contributed by atoms with van der Waals surface area (Å²) in [5, 5.41) is 0. The van der Waals surface area contributed by atoms with Gasteiger partial charge in [-0.25, -0.2) is 10.8 Å². The van der Waals surface area contributed by atoms with E-state index in [0.717, 1.165) is 37.7 Å². The molecule has 0 radical (unpaired) electrons. The minimum absolute atomic E-state index is 0.728. The van der Waals surface area contributed by atoms with Crippen LogP contribution in [0, 0.1) is 0 Å². The summed E-state index contributed by atoms with van der Waals surface area (Å²) < 4.78 is 5.30. The lowest BCUT2D eigenvalue weighted by Crippen LogP contribution is -2.24. The molecular formula is C11H20N4O. The number of hydrogen-bond acceptors (Lipinski definition) is 5. The summed E-state index contributed by atoms with van der Waals surface area (Å²) in [5.74, 6) is 6.12. The monoisotopic (exact) mass is 224 g/mol. The van der Waals surface area contributed by atoms with Crippen LogP contribution in [0.25, 0.3) is 0 Å². The molecular weight excluding hydrogens is 204 g/mol.